The maximum atomic E-state index is 12.9. The first-order chi connectivity index (χ1) is 12.0. The standard InChI is InChI=1S/C19H21N3O3/c1-12-5-7-14(8-6-12)22-16-4-2-3-15(16)17(20-22)18(23)21-10-9-13(11-21)19(24)25/h5-8,13H,2-4,9-11H2,1H3,(H,24,25). The summed E-state index contributed by atoms with van der Waals surface area (Å²) in [5, 5.41) is 13.8. The molecule has 1 saturated heterocycles. The molecule has 130 valence electrons. The average Bonchev–Trinajstić information content (AvgIpc) is 3.31. The van der Waals surface area contributed by atoms with Crippen LogP contribution in [-0.2, 0) is 17.6 Å². The number of aromatic nitrogens is 2. The lowest BCUT2D eigenvalue weighted by Crippen LogP contribution is -2.31. The quantitative estimate of drug-likeness (QED) is 0.930. The van der Waals surface area contributed by atoms with Crippen molar-refractivity contribution in [2.45, 2.75) is 32.6 Å². The van der Waals surface area contributed by atoms with Crippen LogP contribution in [0.25, 0.3) is 5.69 Å². The summed E-state index contributed by atoms with van der Waals surface area (Å²) in [7, 11) is 0. The van der Waals surface area contributed by atoms with Gasteiger partial charge in [0.1, 0.15) is 0 Å². The first kappa shape index (κ1) is 15.9. The number of hydrogen-bond donors (Lipinski definition) is 1. The van der Waals surface area contributed by atoms with E-state index in [1.807, 2.05) is 35.9 Å². The normalized spacial score (nSPS) is 19.2. The maximum Gasteiger partial charge on any atom is 0.308 e. The number of aryl methyl sites for hydroxylation is 1. The Labute approximate surface area is 146 Å². The lowest BCUT2D eigenvalue weighted by atomic mass is 10.1. The summed E-state index contributed by atoms with van der Waals surface area (Å²) in [6.45, 7) is 2.81. The Morgan fingerprint density at radius 1 is 1.20 bits per heavy atom. The predicted octanol–water partition coefficient (Wildman–Crippen LogP) is 2.22. The van der Waals surface area contributed by atoms with Crippen LogP contribution in [0.3, 0.4) is 0 Å². The van der Waals surface area contributed by atoms with E-state index in [9.17, 15) is 9.59 Å². The molecule has 1 fully saturated rings. The number of amides is 1. The van der Waals surface area contributed by atoms with Gasteiger partial charge in [0.2, 0.25) is 0 Å². The molecule has 2 aromatic rings. The second kappa shape index (κ2) is 6.02. The molecule has 0 radical (unpaired) electrons. The van der Waals surface area contributed by atoms with Crippen LogP contribution in [0.4, 0.5) is 0 Å². The van der Waals surface area contributed by atoms with Crippen LogP contribution in [0.5, 0.6) is 0 Å². The molecular formula is C19H21N3O3. The van der Waals surface area contributed by atoms with E-state index in [1.54, 1.807) is 4.90 Å². The highest BCUT2D eigenvalue weighted by molar-refractivity contribution is 5.95. The van der Waals surface area contributed by atoms with Crippen molar-refractivity contribution < 1.29 is 14.7 Å². The van der Waals surface area contributed by atoms with E-state index in [0.717, 1.165) is 36.2 Å². The molecule has 2 aliphatic rings. The summed E-state index contributed by atoms with van der Waals surface area (Å²) in [6.07, 6.45) is 3.32. The zero-order valence-electron chi connectivity index (χ0n) is 14.2. The zero-order chi connectivity index (χ0) is 17.6. The number of nitrogens with zero attached hydrogens (tertiary/aromatic N) is 3. The minimum Gasteiger partial charge on any atom is -0.481 e. The van der Waals surface area contributed by atoms with Crippen LogP contribution < -0.4 is 0 Å². The van der Waals surface area contributed by atoms with Crippen LogP contribution in [0, 0.1) is 12.8 Å². The molecule has 2 heterocycles. The molecule has 1 aromatic heterocycles. The van der Waals surface area contributed by atoms with Crippen LogP contribution >= 0.6 is 0 Å². The van der Waals surface area contributed by atoms with Crippen molar-refractivity contribution in [1.82, 2.24) is 14.7 Å². The molecule has 1 aliphatic heterocycles. The number of benzene rings is 1. The average molecular weight is 339 g/mol. The van der Waals surface area contributed by atoms with Gasteiger partial charge in [0, 0.05) is 24.3 Å². The van der Waals surface area contributed by atoms with Gasteiger partial charge in [0.25, 0.3) is 5.91 Å². The SMILES string of the molecule is Cc1ccc(-n2nc(C(=O)N3CCC(C(=O)O)C3)c3c2CCC3)cc1. The summed E-state index contributed by atoms with van der Waals surface area (Å²) >= 11 is 0. The number of rotatable bonds is 3. The third kappa shape index (κ3) is 2.71. The van der Waals surface area contributed by atoms with Gasteiger partial charge in [0.05, 0.1) is 11.6 Å². The fraction of sp³-hybridized carbons (Fsp3) is 0.421. The highest BCUT2D eigenvalue weighted by atomic mass is 16.4. The van der Waals surface area contributed by atoms with E-state index >= 15 is 0 Å². The largest absolute Gasteiger partial charge is 0.481 e. The molecule has 1 amide bonds. The second-order valence-corrected chi connectivity index (χ2v) is 6.95. The molecule has 6 nitrogen and oxygen atoms in total. The van der Waals surface area contributed by atoms with Crippen LogP contribution in [0.2, 0.25) is 0 Å². The molecule has 1 N–H and O–H groups in total. The minimum absolute atomic E-state index is 0.132. The van der Waals surface area contributed by atoms with Gasteiger partial charge in [-0.3, -0.25) is 9.59 Å². The van der Waals surface area contributed by atoms with E-state index in [0.29, 0.717) is 18.7 Å². The molecule has 1 atom stereocenters. The fourth-order valence-corrected chi connectivity index (χ4v) is 3.80. The molecule has 1 unspecified atom stereocenters. The molecule has 25 heavy (non-hydrogen) atoms. The summed E-state index contributed by atoms with van der Waals surface area (Å²) in [5.74, 6) is -1.42. The van der Waals surface area contributed by atoms with Gasteiger partial charge in [-0.1, -0.05) is 17.7 Å². The van der Waals surface area contributed by atoms with Crippen LogP contribution in [0.1, 0.15) is 40.2 Å². The third-order valence-corrected chi connectivity index (χ3v) is 5.24. The van der Waals surface area contributed by atoms with Crippen molar-refractivity contribution in [3.05, 3.63) is 46.8 Å². The van der Waals surface area contributed by atoms with Gasteiger partial charge in [-0.05, 0) is 44.7 Å². The first-order valence-electron chi connectivity index (χ1n) is 8.74. The molecule has 1 aromatic carbocycles. The Hall–Kier alpha value is -2.63. The number of aliphatic carboxylic acids is 1. The van der Waals surface area contributed by atoms with Gasteiger partial charge < -0.3 is 10.0 Å². The Kier molecular flexibility index (Phi) is 3.82. The highest BCUT2D eigenvalue weighted by Crippen LogP contribution is 2.29. The molecule has 6 heteroatoms. The smallest absolute Gasteiger partial charge is 0.308 e. The highest BCUT2D eigenvalue weighted by Gasteiger charge is 2.35. The van der Waals surface area contributed by atoms with Crippen LogP contribution in [-0.4, -0.2) is 44.8 Å². The number of carboxylic acids is 1. The van der Waals surface area contributed by atoms with Crippen molar-refractivity contribution in [1.29, 1.82) is 0 Å². The lowest BCUT2D eigenvalue weighted by Gasteiger charge is -2.14. The number of carboxylic acid groups (broad SMARTS) is 1. The molecular weight excluding hydrogens is 318 g/mol. The van der Waals surface area contributed by atoms with Gasteiger partial charge in [-0.25, -0.2) is 4.68 Å². The second-order valence-electron chi connectivity index (χ2n) is 6.95. The topological polar surface area (TPSA) is 75.4 Å². The van der Waals surface area contributed by atoms with Crippen LogP contribution in [0.15, 0.2) is 24.3 Å². The Balaban J connectivity index is 1.67. The number of carbonyl (C=O) groups is 2. The van der Waals surface area contributed by atoms with Crippen molar-refractivity contribution in [2.24, 2.45) is 5.92 Å². The molecule has 0 spiro atoms. The Morgan fingerprint density at radius 3 is 2.64 bits per heavy atom. The number of fused-ring (bicyclic) bond motifs is 1. The van der Waals surface area contributed by atoms with Crippen molar-refractivity contribution in [3.63, 3.8) is 0 Å². The van der Waals surface area contributed by atoms with E-state index < -0.39 is 11.9 Å². The zero-order valence-corrected chi connectivity index (χ0v) is 14.2. The minimum atomic E-state index is -0.828. The van der Waals surface area contributed by atoms with E-state index in [-0.39, 0.29) is 12.5 Å². The predicted molar refractivity (Wildman–Crippen MR) is 92.0 cm³/mol. The Bertz CT molecular complexity index is 838. The molecule has 1 aliphatic carbocycles. The van der Waals surface area contributed by atoms with Crippen molar-refractivity contribution >= 4 is 11.9 Å². The van der Waals surface area contributed by atoms with Gasteiger partial charge in [-0.15, -0.1) is 0 Å². The van der Waals surface area contributed by atoms with Gasteiger partial charge in [0.15, 0.2) is 5.69 Å². The molecule has 0 bridgehead atoms. The summed E-state index contributed by atoms with van der Waals surface area (Å²) in [4.78, 5) is 25.7. The van der Waals surface area contributed by atoms with Crippen molar-refractivity contribution in [3.8, 4) is 5.69 Å². The maximum absolute atomic E-state index is 12.9. The van der Waals surface area contributed by atoms with Gasteiger partial charge in [-0.2, -0.15) is 5.10 Å². The van der Waals surface area contributed by atoms with E-state index in [4.69, 9.17) is 5.11 Å². The molecule has 4 rings (SSSR count). The lowest BCUT2D eigenvalue weighted by molar-refractivity contribution is -0.141. The third-order valence-electron chi connectivity index (χ3n) is 5.24. The van der Waals surface area contributed by atoms with Gasteiger partial charge >= 0.3 is 5.97 Å². The summed E-state index contributed by atoms with van der Waals surface area (Å²) in [5.41, 5.74) is 4.79. The summed E-state index contributed by atoms with van der Waals surface area (Å²) in [6, 6.07) is 8.12. The number of carbonyl (C=O) groups excluding carboxylic acids is 1. The monoisotopic (exact) mass is 339 g/mol. The van der Waals surface area contributed by atoms with Crippen molar-refractivity contribution in [2.75, 3.05) is 13.1 Å². The summed E-state index contributed by atoms with van der Waals surface area (Å²) < 4.78 is 1.89. The molecule has 0 saturated carbocycles. The number of likely N-dealkylation sites (tertiary alicyclic amines) is 1. The Morgan fingerprint density at radius 2 is 1.96 bits per heavy atom. The first-order valence-corrected chi connectivity index (χ1v) is 8.74. The number of hydrogen-bond acceptors (Lipinski definition) is 3. The fourth-order valence-electron chi connectivity index (χ4n) is 3.80. The van der Waals surface area contributed by atoms with E-state index in [1.165, 1.54) is 5.56 Å². The van der Waals surface area contributed by atoms with E-state index in [2.05, 4.69) is 5.10 Å².